The maximum atomic E-state index is 4.64. The molecule has 0 spiro atoms. The standard InChI is InChI=1S/C19H17N/c1-2-15-7-9-16(10-8-15)11-13-18-14-12-17-5-3-4-6-19(17)20-18/h3-14H,2H2,1H3/b13-11+. The van der Waals surface area contributed by atoms with Gasteiger partial charge in [-0.1, -0.05) is 61.5 Å². The highest BCUT2D eigenvalue weighted by molar-refractivity contribution is 5.80. The maximum Gasteiger partial charge on any atom is 0.0709 e. The summed E-state index contributed by atoms with van der Waals surface area (Å²) in [6.45, 7) is 2.17. The van der Waals surface area contributed by atoms with Gasteiger partial charge < -0.3 is 0 Å². The number of aromatic nitrogens is 1. The number of para-hydroxylation sites is 1. The SMILES string of the molecule is CCc1ccc(/C=C/c2ccc3ccccc3n2)cc1. The second-order valence-electron chi connectivity index (χ2n) is 4.86. The first-order valence-corrected chi connectivity index (χ1v) is 6.98. The summed E-state index contributed by atoms with van der Waals surface area (Å²) in [5.41, 5.74) is 4.60. The number of pyridine rings is 1. The lowest BCUT2D eigenvalue weighted by molar-refractivity contribution is 1.14. The van der Waals surface area contributed by atoms with Gasteiger partial charge in [-0.2, -0.15) is 0 Å². The average molecular weight is 259 g/mol. The van der Waals surface area contributed by atoms with Gasteiger partial charge in [0.25, 0.3) is 0 Å². The molecule has 0 aliphatic rings. The molecular weight excluding hydrogens is 242 g/mol. The van der Waals surface area contributed by atoms with Crippen molar-refractivity contribution in [2.45, 2.75) is 13.3 Å². The fourth-order valence-electron chi connectivity index (χ4n) is 2.22. The van der Waals surface area contributed by atoms with E-state index in [0.29, 0.717) is 0 Å². The number of benzene rings is 2. The van der Waals surface area contributed by atoms with Crippen LogP contribution in [0, 0.1) is 0 Å². The highest BCUT2D eigenvalue weighted by Gasteiger charge is 1.95. The lowest BCUT2D eigenvalue weighted by atomic mass is 10.1. The molecule has 0 fully saturated rings. The number of nitrogens with zero attached hydrogens (tertiary/aromatic N) is 1. The fraction of sp³-hybridized carbons (Fsp3) is 0.105. The first-order chi connectivity index (χ1) is 9.85. The Balaban J connectivity index is 1.85. The number of hydrogen-bond donors (Lipinski definition) is 0. The minimum atomic E-state index is 0.989. The highest BCUT2D eigenvalue weighted by Crippen LogP contribution is 2.14. The van der Waals surface area contributed by atoms with Crippen LogP contribution in [0.15, 0.2) is 60.7 Å². The predicted molar refractivity (Wildman–Crippen MR) is 86.5 cm³/mol. The van der Waals surface area contributed by atoms with E-state index in [1.165, 1.54) is 16.5 Å². The van der Waals surface area contributed by atoms with Crippen LogP contribution in [-0.4, -0.2) is 4.98 Å². The highest BCUT2D eigenvalue weighted by atomic mass is 14.7. The zero-order valence-electron chi connectivity index (χ0n) is 11.6. The van der Waals surface area contributed by atoms with Crippen molar-refractivity contribution in [3.05, 3.63) is 77.5 Å². The molecule has 0 saturated heterocycles. The summed E-state index contributed by atoms with van der Waals surface area (Å²) in [6, 6.07) is 21.0. The Morgan fingerprint density at radius 3 is 2.45 bits per heavy atom. The van der Waals surface area contributed by atoms with Gasteiger partial charge in [-0.25, -0.2) is 4.98 Å². The molecule has 1 nitrogen and oxygen atoms in total. The first kappa shape index (κ1) is 12.6. The molecule has 0 N–H and O–H groups in total. The van der Waals surface area contributed by atoms with Crippen molar-refractivity contribution in [2.24, 2.45) is 0 Å². The van der Waals surface area contributed by atoms with Crippen LogP contribution in [0.4, 0.5) is 0 Å². The van der Waals surface area contributed by atoms with Crippen LogP contribution >= 0.6 is 0 Å². The van der Waals surface area contributed by atoms with Crippen LogP contribution in [0.25, 0.3) is 23.1 Å². The molecule has 20 heavy (non-hydrogen) atoms. The Bertz CT molecular complexity index is 739. The summed E-state index contributed by atoms with van der Waals surface area (Å²) in [5.74, 6) is 0. The third kappa shape index (κ3) is 2.77. The van der Waals surface area contributed by atoms with E-state index in [-0.39, 0.29) is 0 Å². The fourth-order valence-corrected chi connectivity index (χ4v) is 2.22. The van der Waals surface area contributed by atoms with Crippen molar-refractivity contribution in [2.75, 3.05) is 0 Å². The Morgan fingerprint density at radius 2 is 1.65 bits per heavy atom. The van der Waals surface area contributed by atoms with E-state index in [1.807, 2.05) is 18.2 Å². The Kier molecular flexibility index (Phi) is 3.60. The van der Waals surface area contributed by atoms with Crippen LogP contribution in [0.3, 0.4) is 0 Å². The van der Waals surface area contributed by atoms with Crippen molar-refractivity contribution in [1.82, 2.24) is 4.98 Å². The monoisotopic (exact) mass is 259 g/mol. The summed E-state index contributed by atoms with van der Waals surface area (Å²) in [7, 11) is 0. The topological polar surface area (TPSA) is 12.9 Å². The average Bonchev–Trinajstić information content (AvgIpc) is 2.53. The second-order valence-corrected chi connectivity index (χ2v) is 4.86. The first-order valence-electron chi connectivity index (χ1n) is 6.98. The molecule has 1 heteroatoms. The van der Waals surface area contributed by atoms with E-state index in [9.17, 15) is 0 Å². The van der Waals surface area contributed by atoms with Gasteiger partial charge in [-0.3, -0.25) is 0 Å². The van der Waals surface area contributed by atoms with E-state index < -0.39 is 0 Å². The van der Waals surface area contributed by atoms with Crippen LogP contribution in [-0.2, 0) is 6.42 Å². The van der Waals surface area contributed by atoms with Crippen LogP contribution in [0.1, 0.15) is 23.7 Å². The molecular formula is C19H17N. The minimum Gasteiger partial charge on any atom is -0.248 e. The van der Waals surface area contributed by atoms with Crippen LogP contribution in [0.2, 0.25) is 0 Å². The van der Waals surface area contributed by atoms with E-state index in [1.54, 1.807) is 0 Å². The zero-order chi connectivity index (χ0) is 13.8. The molecule has 0 radical (unpaired) electrons. The lowest BCUT2D eigenvalue weighted by Crippen LogP contribution is -1.83. The van der Waals surface area contributed by atoms with Gasteiger partial charge in [0.1, 0.15) is 0 Å². The van der Waals surface area contributed by atoms with E-state index in [4.69, 9.17) is 0 Å². The largest absolute Gasteiger partial charge is 0.248 e. The molecule has 0 bridgehead atoms. The molecule has 3 aromatic rings. The molecule has 98 valence electrons. The lowest BCUT2D eigenvalue weighted by Gasteiger charge is -1.99. The molecule has 1 heterocycles. The molecule has 0 saturated carbocycles. The smallest absolute Gasteiger partial charge is 0.0709 e. The van der Waals surface area contributed by atoms with Gasteiger partial charge in [0, 0.05) is 5.39 Å². The van der Waals surface area contributed by atoms with Gasteiger partial charge in [-0.05, 0) is 35.8 Å². The predicted octanol–water partition coefficient (Wildman–Crippen LogP) is 4.97. The van der Waals surface area contributed by atoms with Gasteiger partial charge in [0.15, 0.2) is 0 Å². The maximum absolute atomic E-state index is 4.64. The normalized spacial score (nSPS) is 11.2. The third-order valence-electron chi connectivity index (χ3n) is 3.45. The number of fused-ring (bicyclic) bond motifs is 1. The van der Waals surface area contributed by atoms with Gasteiger partial charge in [0.2, 0.25) is 0 Å². The van der Waals surface area contributed by atoms with Crippen LogP contribution < -0.4 is 0 Å². The third-order valence-corrected chi connectivity index (χ3v) is 3.45. The Labute approximate surface area is 119 Å². The molecule has 0 unspecified atom stereocenters. The van der Waals surface area contributed by atoms with Gasteiger partial charge in [0.05, 0.1) is 11.2 Å². The van der Waals surface area contributed by atoms with Crippen LogP contribution in [0.5, 0.6) is 0 Å². The Morgan fingerprint density at radius 1 is 0.850 bits per heavy atom. The molecule has 0 atom stereocenters. The summed E-state index contributed by atoms with van der Waals surface area (Å²) in [4.78, 5) is 4.64. The summed E-state index contributed by atoms with van der Waals surface area (Å²) in [5, 5.41) is 1.18. The van der Waals surface area contributed by atoms with E-state index in [2.05, 4.69) is 66.5 Å². The summed E-state index contributed by atoms with van der Waals surface area (Å²) < 4.78 is 0. The van der Waals surface area contributed by atoms with Crippen molar-refractivity contribution in [1.29, 1.82) is 0 Å². The minimum absolute atomic E-state index is 0.989. The zero-order valence-corrected chi connectivity index (χ0v) is 11.6. The summed E-state index contributed by atoms with van der Waals surface area (Å²) in [6.07, 6.45) is 5.25. The van der Waals surface area contributed by atoms with Gasteiger partial charge in [-0.15, -0.1) is 0 Å². The quantitative estimate of drug-likeness (QED) is 0.647. The van der Waals surface area contributed by atoms with E-state index in [0.717, 1.165) is 17.6 Å². The molecule has 2 aromatic carbocycles. The van der Waals surface area contributed by atoms with E-state index >= 15 is 0 Å². The second kappa shape index (κ2) is 5.70. The van der Waals surface area contributed by atoms with Crippen molar-refractivity contribution in [3.8, 4) is 0 Å². The van der Waals surface area contributed by atoms with Crippen molar-refractivity contribution in [3.63, 3.8) is 0 Å². The molecule has 0 aliphatic carbocycles. The molecule has 0 amide bonds. The van der Waals surface area contributed by atoms with Crippen molar-refractivity contribution >= 4 is 23.1 Å². The number of aryl methyl sites for hydroxylation is 1. The molecule has 0 aliphatic heterocycles. The summed E-state index contributed by atoms with van der Waals surface area (Å²) >= 11 is 0. The molecule has 3 rings (SSSR count). The van der Waals surface area contributed by atoms with Crippen molar-refractivity contribution < 1.29 is 0 Å². The number of rotatable bonds is 3. The molecule has 1 aromatic heterocycles. The number of hydrogen-bond acceptors (Lipinski definition) is 1. The Hall–Kier alpha value is -2.41. The van der Waals surface area contributed by atoms with Gasteiger partial charge >= 0.3 is 0 Å².